The summed E-state index contributed by atoms with van der Waals surface area (Å²) in [5.41, 5.74) is 2.13. The molecule has 0 heterocycles. The summed E-state index contributed by atoms with van der Waals surface area (Å²) in [6.45, 7) is 0.550. The highest BCUT2D eigenvalue weighted by Gasteiger charge is 2.17. The third kappa shape index (κ3) is 4.29. The SMILES string of the molecule is COC(=O)c1cc(OC)c(OC)cc1NC/C=C/c1ccccc1. The van der Waals surface area contributed by atoms with Crippen molar-refractivity contribution in [2.75, 3.05) is 33.2 Å². The molecule has 126 valence electrons. The molecule has 0 aromatic heterocycles. The van der Waals surface area contributed by atoms with Gasteiger partial charge in [-0.15, -0.1) is 0 Å². The highest BCUT2D eigenvalue weighted by atomic mass is 16.5. The van der Waals surface area contributed by atoms with Crippen LogP contribution in [0.5, 0.6) is 11.5 Å². The fraction of sp³-hybridized carbons (Fsp3) is 0.211. The summed E-state index contributed by atoms with van der Waals surface area (Å²) >= 11 is 0. The van der Waals surface area contributed by atoms with Gasteiger partial charge in [-0.1, -0.05) is 42.5 Å². The van der Waals surface area contributed by atoms with Crippen molar-refractivity contribution < 1.29 is 19.0 Å². The van der Waals surface area contributed by atoms with Crippen LogP contribution in [0, 0.1) is 0 Å². The maximum absolute atomic E-state index is 12.0. The number of methoxy groups -OCH3 is 3. The van der Waals surface area contributed by atoms with Gasteiger partial charge in [-0.3, -0.25) is 0 Å². The smallest absolute Gasteiger partial charge is 0.340 e. The van der Waals surface area contributed by atoms with Gasteiger partial charge in [0, 0.05) is 18.7 Å². The molecule has 0 saturated carbocycles. The minimum absolute atomic E-state index is 0.392. The predicted molar refractivity (Wildman–Crippen MR) is 94.9 cm³/mol. The largest absolute Gasteiger partial charge is 0.493 e. The average molecular weight is 327 g/mol. The first kappa shape index (κ1) is 17.4. The zero-order valence-electron chi connectivity index (χ0n) is 14.0. The summed E-state index contributed by atoms with van der Waals surface area (Å²) in [6, 6.07) is 13.3. The third-order valence-electron chi connectivity index (χ3n) is 3.45. The van der Waals surface area contributed by atoms with Crippen molar-refractivity contribution in [1.82, 2.24) is 0 Å². The van der Waals surface area contributed by atoms with Gasteiger partial charge in [0.25, 0.3) is 0 Å². The lowest BCUT2D eigenvalue weighted by Crippen LogP contribution is -2.09. The fourth-order valence-electron chi connectivity index (χ4n) is 2.23. The maximum atomic E-state index is 12.0. The Kier molecular flexibility index (Phi) is 6.25. The van der Waals surface area contributed by atoms with E-state index in [4.69, 9.17) is 14.2 Å². The van der Waals surface area contributed by atoms with Crippen LogP contribution in [0.4, 0.5) is 5.69 Å². The summed E-state index contributed by atoms with van der Waals surface area (Å²) < 4.78 is 15.4. The van der Waals surface area contributed by atoms with Gasteiger partial charge in [0.15, 0.2) is 11.5 Å². The molecular weight excluding hydrogens is 306 g/mol. The number of nitrogens with one attached hydrogen (secondary N) is 1. The van der Waals surface area contributed by atoms with Crippen molar-refractivity contribution in [1.29, 1.82) is 0 Å². The van der Waals surface area contributed by atoms with E-state index in [1.165, 1.54) is 14.2 Å². The van der Waals surface area contributed by atoms with E-state index >= 15 is 0 Å². The monoisotopic (exact) mass is 327 g/mol. The van der Waals surface area contributed by atoms with Crippen LogP contribution < -0.4 is 14.8 Å². The zero-order chi connectivity index (χ0) is 17.4. The fourth-order valence-corrected chi connectivity index (χ4v) is 2.23. The standard InChI is InChI=1S/C19H21NO4/c1-22-17-12-15(19(21)24-3)16(13-18(17)23-2)20-11-7-10-14-8-5-4-6-9-14/h4-10,12-13,20H,11H2,1-3H3/b10-7+. The second-order valence-electron chi connectivity index (χ2n) is 4.94. The summed E-state index contributed by atoms with van der Waals surface area (Å²) in [5.74, 6) is 0.577. The molecule has 0 unspecified atom stereocenters. The van der Waals surface area contributed by atoms with Gasteiger partial charge in [-0.2, -0.15) is 0 Å². The molecular formula is C19H21NO4. The Morgan fingerprint density at radius 2 is 1.71 bits per heavy atom. The Hall–Kier alpha value is -2.95. The summed E-state index contributed by atoms with van der Waals surface area (Å²) in [5, 5.41) is 3.20. The lowest BCUT2D eigenvalue weighted by Gasteiger charge is -2.14. The summed E-state index contributed by atoms with van der Waals surface area (Å²) in [7, 11) is 4.42. The molecule has 24 heavy (non-hydrogen) atoms. The first-order valence-corrected chi connectivity index (χ1v) is 7.49. The lowest BCUT2D eigenvalue weighted by atomic mass is 10.1. The molecule has 0 atom stereocenters. The van der Waals surface area contributed by atoms with Gasteiger partial charge in [0.2, 0.25) is 0 Å². The summed E-state index contributed by atoms with van der Waals surface area (Å²) in [4.78, 5) is 12.0. The van der Waals surface area contributed by atoms with E-state index in [9.17, 15) is 4.79 Å². The number of hydrogen-bond acceptors (Lipinski definition) is 5. The van der Waals surface area contributed by atoms with Gasteiger partial charge in [0.1, 0.15) is 0 Å². The maximum Gasteiger partial charge on any atom is 0.340 e. The van der Waals surface area contributed by atoms with Crippen molar-refractivity contribution >= 4 is 17.7 Å². The van der Waals surface area contributed by atoms with Crippen molar-refractivity contribution in [3.8, 4) is 11.5 Å². The van der Waals surface area contributed by atoms with Crippen molar-refractivity contribution in [2.24, 2.45) is 0 Å². The van der Waals surface area contributed by atoms with Gasteiger partial charge in [-0.05, 0) is 5.56 Å². The van der Waals surface area contributed by atoms with Crippen molar-refractivity contribution in [3.63, 3.8) is 0 Å². The first-order valence-electron chi connectivity index (χ1n) is 7.49. The molecule has 1 N–H and O–H groups in total. The van der Waals surface area contributed by atoms with E-state index < -0.39 is 5.97 Å². The Labute approximate surface area is 141 Å². The van der Waals surface area contributed by atoms with Crippen molar-refractivity contribution in [3.05, 3.63) is 59.7 Å². The van der Waals surface area contributed by atoms with Gasteiger partial charge in [-0.25, -0.2) is 4.79 Å². The van der Waals surface area contributed by atoms with E-state index in [-0.39, 0.29) is 0 Å². The van der Waals surface area contributed by atoms with Crippen LogP contribution in [-0.4, -0.2) is 33.8 Å². The van der Waals surface area contributed by atoms with Crippen LogP contribution in [0.1, 0.15) is 15.9 Å². The first-order chi connectivity index (χ1) is 11.7. The van der Waals surface area contributed by atoms with E-state index in [1.807, 2.05) is 42.5 Å². The van der Waals surface area contributed by atoms with Crippen LogP contribution in [-0.2, 0) is 4.74 Å². The number of esters is 1. The molecule has 5 nitrogen and oxygen atoms in total. The quantitative estimate of drug-likeness (QED) is 0.787. The highest BCUT2D eigenvalue weighted by molar-refractivity contribution is 5.96. The van der Waals surface area contributed by atoms with Crippen LogP contribution in [0.3, 0.4) is 0 Å². The Bertz CT molecular complexity index is 711. The van der Waals surface area contributed by atoms with E-state index in [1.54, 1.807) is 19.2 Å². The predicted octanol–water partition coefficient (Wildman–Crippen LogP) is 3.62. The number of carbonyl (C=O) groups is 1. The molecule has 2 rings (SSSR count). The molecule has 0 aliphatic rings. The molecule has 2 aromatic carbocycles. The Morgan fingerprint density at radius 1 is 1.04 bits per heavy atom. The second kappa shape index (κ2) is 8.62. The molecule has 2 aromatic rings. The third-order valence-corrected chi connectivity index (χ3v) is 3.45. The molecule has 5 heteroatoms. The highest BCUT2D eigenvalue weighted by Crippen LogP contribution is 2.33. The Balaban J connectivity index is 2.18. The number of anilines is 1. The van der Waals surface area contributed by atoms with Crippen LogP contribution >= 0.6 is 0 Å². The van der Waals surface area contributed by atoms with E-state index in [2.05, 4.69) is 5.32 Å². The number of ether oxygens (including phenoxy) is 3. The summed E-state index contributed by atoms with van der Waals surface area (Å²) in [6.07, 6.45) is 3.98. The van der Waals surface area contributed by atoms with Gasteiger partial charge >= 0.3 is 5.97 Å². The number of rotatable bonds is 7. The molecule has 0 bridgehead atoms. The molecule has 0 aliphatic carbocycles. The average Bonchev–Trinajstić information content (AvgIpc) is 2.64. The van der Waals surface area contributed by atoms with Crippen LogP contribution in [0.25, 0.3) is 6.08 Å². The lowest BCUT2D eigenvalue weighted by molar-refractivity contribution is 0.0601. The number of hydrogen-bond donors (Lipinski definition) is 1. The van der Waals surface area contributed by atoms with Gasteiger partial charge < -0.3 is 19.5 Å². The van der Waals surface area contributed by atoms with E-state index in [0.29, 0.717) is 29.3 Å². The minimum Gasteiger partial charge on any atom is -0.493 e. The molecule has 0 radical (unpaired) electrons. The molecule has 0 saturated heterocycles. The molecule has 0 fully saturated rings. The van der Waals surface area contributed by atoms with E-state index in [0.717, 1.165) is 5.56 Å². The minimum atomic E-state index is -0.439. The molecule has 0 spiro atoms. The normalized spacial score (nSPS) is 10.5. The zero-order valence-corrected chi connectivity index (χ0v) is 14.0. The second-order valence-corrected chi connectivity index (χ2v) is 4.94. The number of carbonyl (C=O) groups excluding carboxylic acids is 1. The Morgan fingerprint density at radius 3 is 2.33 bits per heavy atom. The number of benzene rings is 2. The topological polar surface area (TPSA) is 56.8 Å². The van der Waals surface area contributed by atoms with Crippen LogP contribution in [0.2, 0.25) is 0 Å². The van der Waals surface area contributed by atoms with Crippen LogP contribution in [0.15, 0.2) is 48.5 Å². The molecule has 0 aliphatic heterocycles. The van der Waals surface area contributed by atoms with Crippen molar-refractivity contribution in [2.45, 2.75) is 0 Å². The molecule has 0 amide bonds. The van der Waals surface area contributed by atoms with Gasteiger partial charge in [0.05, 0.1) is 32.6 Å².